The summed E-state index contributed by atoms with van der Waals surface area (Å²) < 4.78 is 18.2. The maximum Gasteiger partial charge on any atom is 0.328 e. The van der Waals surface area contributed by atoms with E-state index in [-0.39, 0.29) is 11.8 Å². The average Bonchev–Trinajstić information content (AvgIpc) is 2.42. The first-order valence-corrected chi connectivity index (χ1v) is 7.36. The molecule has 0 radical (unpaired) electrons. The highest BCUT2D eigenvalue weighted by atomic mass is 19.1. The molecule has 0 heterocycles. The van der Waals surface area contributed by atoms with Gasteiger partial charge in [-0.2, -0.15) is 0 Å². The standard InChI is InChI=1S/C16H24FNO2/c1-3-5-6-7-11-15(16(19)20-4-2)18-14-10-8-9-13(17)12-14/h8-10,12,15,18H,3-7,11H2,1-2H3. The first-order valence-electron chi connectivity index (χ1n) is 7.36. The smallest absolute Gasteiger partial charge is 0.328 e. The molecule has 1 atom stereocenters. The van der Waals surface area contributed by atoms with E-state index in [0.29, 0.717) is 18.7 Å². The number of rotatable bonds is 9. The van der Waals surface area contributed by atoms with Crippen molar-refractivity contribution in [3.8, 4) is 0 Å². The number of unbranched alkanes of at least 4 members (excludes halogenated alkanes) is 3. The number of halogens is 1. The van der Waals surface area contributed by atoms with Gasteiger partial charge in [0.25, 0.3) is 0 Å². The molecule has 1 aromatic carbocycles. The highest BCUT2D eigenvalue weighted by molar-refractivity contribution is 5.79. The minimum absolute atomic E-state index is 0.270. The number of hydrogen-bond donors (Lipinski definition) is 1. The van der Waals surface area contributed by atoms with Crippen LogP contribution in [0.5, 0.6) is 0 Å². The number of anilines is 1. The molecule has 4 heteroatoms. The molecule has 1 N–H and O–H groups in total. The zero-order chi connectivity index (χ0) is 14.8. The fourth-order valence-electron chi connectivity index (χ4n) is 2.05. The van der Waals surface area contributed by atoms with Gasteiger partial charge in [0.1, 0.15) is 11.9 Å². The summed E-state index contributed by atoms with van der Waals surface area (Å²) in [5, 5.41) is 3.07. The van der Waals surface area contributed by atoms with Gasteiger partial charge < -0.3 is 10.1 Å². The lowest BCUT2D eigenvalue weighted by atomic mass is 10.1. The SMILES string of the molecule is CCCCCCC(Nc1cccc(F)c1)C(=O)OCC. The lowest BCUT2D eigenvalue weighted by molar-refractivity contribution is -0.144. The van der Waals surface area contributed by atoms with Crippen LogP contribution in [0.4, 0.5) is 10.1 Å². The third kappa shape index (κ3) is 6.04. The number of carbonyl (C=O) groups excluding carboxylic acids is 1. The molecule has 0 saturated heterocycles. The number of benzene rings is 1. The first kappa shape index (κ1) is 16.5. The number of carbonyl (C=O) groups is 1. The Kier molecular flexibility index (Phi) is 7.70. The Morgan fingerprint density at radius 1 is 1.30 bits per heavy atom. The lowest BCUT2D eigenvalue weighted by Crippen LogP contribution is -2.31. The van der Waals surface area contributed by atoms with Crippen LogP contribution in [-0.4, -0.2) is 18.6 Å². The molecule has 0 fully saturated rings. The molecular weight excluding hydrogens is 257 g/mol. The Bertz CT molecular complexity index is 409. The zero-order valence-electron chi connectivity index (χ0n) is 12.3. The van der Waals surface area contributed by atoms with Gasteiger partial charge in [-0.25, -0.2) is 9.18 Å². The average molecular weight is 281 g/mol. The van der Waals surface area contributed by atoms with E-state index < -0.39 is 6.04 Å². The van der Waals surface area contributed by atoms with Crippen LogP contribution in [0.25, 0.3) is 0 Å². The summed E-state index contributed by atoms with van der Waals surface area (Å²) in [6.07, 6.45) is 5.07. The fraction of sp³-hybridized carbons (Fsp3) is 0.562. The van der Waals surface area contributed by atoms with E-state index in [1.54, 1.807) is 19.1 Å². The molecule has 3 nitrogen and oxygen atoms in total. The Morgan fingerprint density at radius 2 is 2.10 bits per heavy atom. The van der Waals surface area contributed by atoms with Crippen LogP contribution in [0.1, 0.15) is 46.0 Å². The van der Waals surface area contributed by atoms with Crippen molar-refractivity contribution in [3.63, 3.8) is 0 Å². The molecule has 0 aliphatic heterocycles. The topological polar surface area (TPSA) is 38.3 Å². The van der Waals surface area contributed by atoms with Crippen molar-refractivity contribution < 1.29 is 13.9 Å². The van der Waals surface area contributed by atoms with Gasteiger partial charge in [-0.3, -0.25) is 0 Å². The number of hydrogen-bond acceptors (Lipinski definition) is 3. The Labute approximate surface area is 120 Å². The van der Waals surface area contributed by atoms with Crippen LogP contribution in [0.3, 0.4) is 0 Å². The predicted octanol–water partition coefficient (Wildman–Crippen LogP) is 4.14. The lowest BCUT2D eigenvalue weighted by Gasteiger charge is -2.18. The molecule has 0 amide bonds. The molecule has 1 aromatic rings. The first-order chi connectivity index (χ1) is 9.67. The summed E-state index contributed by atoms with van der Waals surface area (Å²) in [5.41, 5.74) is 0.610. The minimum atomic E-state index is -0.409. The van der Waals surface area contributed by atoms with Crippen molar-refractivity contribution in [2.75, 3.05) is 11.9 Å². The molecule has 20 heavy (non-hydrogen) atoms. The normalized spacial score (nSPS) is 11.9. The largest absolute Gasteiger partial charge is 0.464 e. The number of esters is 1. The van der Waals surface area contributed by atoms with Crippen LogP contribution in [0, 0.1) is 5.82 Å². The molecule has 0 aliphatic carbocycles. The molecule has 0 saturated carbocycles. The molecule has 0 aromatic heterocycles. The van der Waals surface area contributed by atoms with Crippen molar-refractivity contribution >= 4 is 11.7 Å². The fourth-order valence-corrected chi connectivity index (χ4v) is 2.05. The van der Waals surface area contributed by atoms with Crippen molar-refractivity contribution in [1.29, 1.82) is 0 Å². The number of nitrogens with one attached hydrogen (secondary N) is 1. The van der Waals surface area contributed by atoms with Gasteiger partial charge in [0.05, 0.1) is 6.61 Å². The van der Waals surface area contributed by atoms with E-state index in [4.69, 9.17) is 4.74 Å². The van der Waals surface area contributed by atoms with Crippen LogP contribution in [0.2, 0.25) is 0 Å². The highest BCUT2D eigenvalue weighted by Gasteiger charge is 2.19. The Balaban J connectivity index is 2.59. The molecule has 0 bridgehead atoms. The maximum atomic E-state index is 13.2. The summed E-state index contributed by atoms with van der Waals surface area (Å²) in [5.74, 6) is -0.586. The summed E-state index contributed by atoms with van der Waals surface area (Å²) in [7, 11) is 0. The van der Waals surface area contributed by atoms with E-state index in [2.05, 4.69) is 12.2 Å². The third-order valence-corrected chi connectivity index (χ3v) is 3.08. The maximum absolute atomic E-state index is 13.2. The number of ether oxygens (including phenoxy) is 1. The molecule has 1 unspecified atom stereocenters. The third-order valence-electron chi connectivity index (χ3n) is 3.08. The van der Waals surface area contributed by atoms with Crippen LogP contribution < -0.4 is 5.32 Å². The monoisotopic (exact) mass is 281 g/mol. The minimum Gasteiger partial charge on any atom is -0.464 e. The van der Waals surface area contributed by atoms with Gasteiger partial charge >= 0.3 is 5.97 Å². The van der Waals surface area contributed by atoms with Gasteiger partial charge in [0.2, 0.25) is 0 Å². The van der Waals surface area contributed by atoms with E-state index >= 15 is 0 Å². The van der Waals surface area contributed by atoms with Gasteiger partial charge in [-0.15, -0.1) is 0 Å². The van der Waals surface area contributed by atoms with Gasteiger partial charge in [0.15, 0.2) is 0 Å². The summed E-state index contributed by atoms with van der Waals surface area (Å²) in [6.45, 7) is 4.29. The van der Waals surface area contributed by atoms with E-state index in [9.17, 15) is 9.18 Å². The quantitative estimate of drug-likeness (QED) is 0.546. The zero-order valence-corrected chi connectivity index (χ0v) is 12.3. The molecule has 1 rings (SSSR count). The second kappa shape index (κ2) is 9.34. The van der Waals surface area contributed by atoms with Crippen LogP contribution in [0.15, 0.2) is 24.3 Å². The Morgan fingerprint density at radius 3 is 2.75 bits per heavy atom. The van der Waals surface area contributed by atoms with Gasteiger partial charge in [0, 0.05) is 5.69 Å². The molecule has 0 spiro atoms. The molecular formula is C16H24FNO2. The van der Waals surface area contributed by atoms with Crippen LogP contribution in [-0.2, 0) is 9.53 Å². The van der Waals surface area contributed by atoms with E-state index in [1.807, 2.05) is 0 Å². The van der Waals surface area contributed by atoms with Crippen molar-refractivity contribution in [3.05, 3.63) is 30.1 Å². The van der Waals surface area contributed by atoms with Crippen molar-refractivity contribution in [2.24, 2.45) is 0 Å². The van der Waals surface area contributed by atoms with E-state index in [1.165, 1.54) is 12.1 Å². The van der Waals surface area contributed by atoms with Gasteiger partial charge in [-0.1, -0.05) is 38.7 Å². The predicted molar refractivity (Wildman–Crippen MR) is 79.2 cm³/mol. The van der Waals surface area contributed by atoms with Crippen molar-refractivity contribution in [1.82, 2.24) is 0 Å². The van der Waals surface area contributed by atoms with Gasteiger partial charge in [-0.05, 0) is 31.5 Å². The summed E-state index contributed by atoms with van der Waals surface area (Å²) >= 11 is 0. The van der Waals surface area contributed by atoms with E-state index in [0.717, 1.165) is 25.7 Å². The highest BCUT2D eigenvalue weighted by Crippen LogP contribution is 2.15. The second-order valence-corrected chi connectivity index (χ2v) is 4.81. The van der Waals surface area contributed by atoms with Crippen molar-refractivity contribution in [2.45, 2.75) is 52.0 Å². The summed E-state index contributed by atoms with van der Waals surface area (Å²) in [6, 6.07) is 5.73. The molecule has 0 aliphatic rings. The Hall–Kier alpha value is -1.58. The van der Waals surface area contributed by atoms with Crippen LogP contribution >= 0.6 is 0 Å². The molecule has 112 valence electrons. The second-order valence-electron chi connectivity index (χ2n) is 4.81. The summed E-state index contributed by atoms with van der Waals surface area (Å²) in [4.78, 5) is 11.9.